The number of phenols is 1. The fourth-order valence-corrected chi connectivity index (χ4v) is 3.34. The summed E-state index contributed by atoms with van der Waals surface area (Å²) < 4.78 is 0. The zero-order valence-corrected chi connectivity index (χ0v) is 12.3. The molecule has 2 aromatic carbocycles. The molecule has 2 aromatic rings. The molecule has 18 heavy (non-hydrogen) atoms. The minimum atomic E-state index is 0. The Labute approximate surface area is 122 Å². The van der Waals surface area contributed by atoms with Crippen LogP contribution in [0.3, 0.4) is 0 Å². The van der Waals surface area contributed by atoms with Crippen LogP contribution in [0, 0.1) is 0 Å². The van der Waals surface area contributed by atoms with Crippen molar-refractivity contribution in [2.24, 2.45) is 0 Å². The molecule has 4 heteroatoms. The molecule has 0 saturated carbocycles. The fourth-order valence-electron chi connectivity index (χ4n) is 1.61. The van der Waals surface area contributed by atoms with Gasteiger partial charge in [0, 0.05) is 22.5 Å². The van der Waals surface area contributed by atoms with Crippen molar-refractivity contribution >= 4 is 22.5 Å². The van der Waals surface area contributed by atoms with Crippen LogP contribution >= 0.6 is 11.6 Å². The Bertz CT molecular complexity index is 502. The summed E-state index contributed by atoms with van der Waals surface area (Å²) in [5.74, 6) is 1.15. The van der Waals surface area contributed by atoms with Crippen LogP contribution in [0.5, 0.6) is 5.75 Å². The van der Waals surface area contributed by atoms with Crippen molar-refractivity contribution in [2.75, 3.05) is 6.26 Å². The van der Waals surface area contributed by atoms with E-state index < -0.39 is 0 Å². The van der Waals surface area contributed by atoms with E-state index >= 15 is 0 Å². The monoisotopic (exact) mass is 300 g/mol. The first-order valence-electron chi connectivity index (χ1n) is 5.32. The molecule has 0 fully saturated rings. The Balaban J connectivity index is 0.00000162. The molecule has 96 valence electrons. The van der Waals surface area contributed by atoms with Crippen LogP contribution in [0.1, 0.15) is 5.56 Å². The molecule has 1 atom stereocenters. The highest BCUT2D eigenvalue weighted by atomic mass is 35.5. The number of halogens is 2. The van der Waals surface area contributed by atoms with Crippen molar-refractivity contribution in [2.45, 2.75) is 10.6 Å². The lowest BCUT2D eigenvalue weighted by Crippen LogP contribution is -3.00. The summed E-state index contributed by atoms with van der Waals surface area (Å²) in [7, 11) is 0.102. The lowest BCUT2D eigenvalue weighted by Gasteiger charge is -2.04. The maximum absolute atomic E-state index is 9.39. The number of hydrogen-bond acceptors (Lipinski definition) is 1. The highest BCUT2D eigenvalue weighted by Gasteiger charge is 2.17. The minimum absolute atomic E-state index is 0. The van der Waals surface area contributed by atoms with Gasteiger partial charge in [-0.05, 0) is 12.1 Å². The van der Waals surface area contributed by atoms with Crippen molar-refractivity contribution in [3.8, 4) is 5.75 Å². The topological polar surface area (TPSA) is 20.2 Å². The molecule has 0 saturated heterocycles. The first-order valence-corrected chi connectivity index (χ1v) is 7.50. The van der Waals surface area contributed by atoms with E-state index in [1.807, 2.05) is 18.2 Å². The molecule has 0 aliphatic heterocycles. The molecule has 0 amide bonds. The van der Waals surface area contributed by atoms with Crippen LogP contribution in [0.15, 0.2) is 53.4 Å². The van der Waals surface area contributed by atoms with Crippen LogP contribution in [0.4, 0.5) is 0 Å². The van der Waals surface area contributed by atoms with Gasteiger partial charge in [-0.25, -0.2) is 0 Å². The van der Waals surface area contributed by atoms with E-state index in [0.717, 1.165) is 5.75 Å². The normalized spacial score (nSPS) is 11.7. The van der Waals surface area contributed by atoms with E-state index in [2.05, 4.69) is 30.5 Å². The van der Waals surface area contributed by atoms with E-state index in [1.54, 1.807) is 6.07 Å². The highest BCUT2D eigenvalue weighted by Crippen LogP contribution is 2.27. The Morgan fingerprint density at radius 2 is 1.78 bits per heavy atom. The van der Waals surface area contributed by atoms with Crippen LogP contribution in [0.25, 0.3) is 0 Å². The number of benzene rings is 2. The molecule has 2 rings (SSSR count). The largest absolute Gasteiger partial charge is 1.00 e. The third-order valence-corrected chi connectivity index (χ3v) is 4.68. The van der Waals surface area contributed by atoms with Gasteiger partial charge in [0.25, 0.3) is 0 Å². The number of aromatic hydroxyl groups is 1. The zero-order valence-electron chi connectivity index (χ0n) is 9.94. The van der Waals surface area contributed by atoms with Crippen molar-refractivity contribution in [1.29, 1.82) is 0 Å². The minimum Gasteiger partial charge on any atom is -1.00 e. The summed E-state index contributed by atoms with van der Waals surface area (Å²) in [6.07, 6.45) is 2.19. The van der Waals surface area contributed by atoms with E-state index in [0.29, 0.717) is 5.02 Å². The van der Waals surface area contributed by atoms with E-state index in [-0.39, 0.29) is 29.1 Å². The summed E-state index contributed by atoms with van der Waals surface area (Å²) in [5, 5.41) is 9.81. The molecule has 0 bridgehead atoms. The second-order valence-corrected chi connectivity index (χ2v) is 6.32. The van der Waals surface area contributed by atoms with Crippen molar-refractivity contribution < 1.29 is 17.5 Å². The predicted molar refractivity (Wildman–Crippen MR) is 74.8 cm³/mol. The predicted octanol–water partition coefficient (Wildman–Crippen LogP) is 0.857. The van der Waals surface area contributed by atoms with Gasteiger partial charge in [0.2, 0.25) is 0 Å². The van der Waals surface area contributed by atoms with Gasteiger partial charge in [-0.15, -0.1) is 0 Å². The quantitative estimate of drug-likeness (QED) is 0.834. The third kappa shape index (κ3) is 3.84. The molecule has 1 N–H and O–H groups in total. The zero-order chi connectivity index (χ0) is 12.3. The maximum atomic E-state index is 9.39. The summed E-state index contributed by atoms with van der Waals surface area (Å²) in [4.78, 5) is 1.18. The second-order valence-electron chi connectivity index (χ2n) is 3.88. The van der Waals surface area contributed by atoms with E-state index in [9.17, 15) is 5.11 Å². The molecular weight excluding hydrogens is 287 g/mol. The molecule has 0 aliphatic rings. The number of rotatable bonds is 3. The third-order valence-electron chi connectivity index (χ3n) is 2.55. The molecule has 1 nitrogen and oxygen atoms in total. The number of phenolic OH excluding ortho intramolecular Hbond substituents is 1. The summed E-state index contributed by atoms with van der Waals surface area (Å²) >= 11 is 5.92. The van der Waals surface area contributed by atoms with Crippen LogP contribution in [-0.2, 0) is 16.6 Å². The van der Waals surface area contributed by atoms with Crippen molar-refractivity contribution in [3.63, 3.8) is 0 Å². The molecule has 0 spiro atoms. The van der Waals surface area contributed by atoms with Gasteiger partial charge in [0.15, 0.2) is 4.90 Å². The summed E-state index contributed by atoms with van der Waals surface area (Å²) in [5.41, 5.74) is 1.32. The summed E-state index contributed by atoms with van der Waals surface area (Å²) in [6, 6.07) is 15.8. The SMILES string of the molecule is C[S+](Cc1ccccc1)c1ccc(O)c(Cl)c1.[Cl-]. The number of hydrogen-bond donors (Lipinski definition) is 1. The van der Waals surface area contributed by atoms with Gasteiger partial charge in [-0.2, -0.15) is 0 Å². The van der Waals surface area contributed by atoms with Crippen molar-refractivity contribution in [3.05, 3.63) is 59.1 Å². The average Bonchev–Trinajstić information content (AvgIpc) is 2.34. The van der Waals surface area contributed by atoms with Crippen LogP contribution in [-0.4, -0.2) is 11.4 Å². The van der Waals surface area contributed by atoms with Crippen molar-refractivity contribution in [1.82, 2.24) is 0 Å². The highest BCUT2D eigenvalue weighted by molar-refractivity contribution is 7.95. The smallest absolute Gasteiger partial charge is 0.156 e. The molecule has 1 unspecified atom stereocenters. The first kappa shape index (κ1) is 15.2. The first-order chi connectivity index (χ1) is 8.16. The Hall–Kier alpha value is -0.830. The van der Waals surface area contributed by atoms with Gasteiger partial charge in [0.05, 0.1) is 5.02 Å². The average molecular weight is 301 g/mol. The maximum Gasteiger partial charge on any atom is 0.156 e. The fraction of sp³-hybridized carbons (Fsp3) is 0.143. The summed E-state index contributed by atoms with van der Waals surface area (Å²) in [6.45, 7) is 0. The molecule has 0 heterocycles. The second kappa shape index (κ2) is 6.93. The van der Waals surface area contributed by atoms with Gasteiger partial charge >= 0.3 is 0 Å². The standard InChI is InChI=1S/C14H13ClOS.ClH/c1-17(10-11-5-3-2-4-6-11)12-7-8-14(16)13(15)9-12;/h2-9H,10H2,1H3;1H. The van der Waals surface area contributed by atoms with E-state index in [1.165, 1.54) is 10.5 Å². The lowest BCUT2D eigenvalue weighted by molar-refractivity contribution is -0.00000443. The molecular formula is C14H14Cl2OS. The molecule has 0 aliphatic carbocycles. The molecule has 0 aromatic heterocycles. The molecule has 0 radical (unpaired) electrons. The van der Waals surface area contributed by atoms with E-state index in [4.69, 9.17) is 11.6 Å². The Kier molecular flexibility index (Phi) is 5.86. The van der Waals surface area contributed by atoms with Crippen LogP contribution < -0.4 is 12.4 Å². The van der Waals surface area contributed by atoms with Gasteiger partial charge in [-0.3, -0.25) is 0 Å². The van der Waals surface area contributed by atoms with Gasteiger partial charge in [-0.1, -0.05) is 41.9 Å². The Morgan fingerprint density at radius 3 is 2.39 bits per heavy atom. The lowest BCUT2D eigenvalue weighted by atomic mass is 10.2. The Morgan fingerprint density at radius 1 is 1.11 bits per heavy atom. The van der Waals surface area contributed by atoms with Gasteiger partial charge in [0.1, 0.15) is 17.8 Å². The van der Waals surface area contributed by atoms with Crippen LogP contribution in [0.2, 0.25) is 5.02 Å². The van der Waals surface area contributed by atoms with Gasteiger partial charge < -0.3 is 17.5 Å².